The number of phenols is 1. The van der Waals surface area contributed by atoms with Gasteiger partial charge in [-0.15, -0.1) is 0 Å². The number of rotatable bonds is 4. The van der Waals surface area contributed by atoms with Crippen molar-refractivity contribution in [2.75, 3.05) is 21.3 Å². The smallest absolute Gasteiger partial charge is 0.203 e. The molecule has 0 atom stereocenters. The molecule has 2 aromatic rings. The molecule has 0 aromatic heterocycles. The molecule has 0 saturated carbocycles. The van der Waals surface area contributed by atoms with Crippen LogP contribution in [0.1, 0.15) is 11.1 Å². The van der Waals surface area contributed by atoms with E-state index in [-0.39, 0.29) is 5.75 Å². The van der Waals surface area contributed by atoms with Crippen LogP contribution in [0.5, 0.6) is 28.7 Å². The predicted molar refractivity (Wildman–Crippen MR) is 86.5 cm³/mol. The Hall–Kier alpha value is -2.82. The van der Waals surface area contributed by atoms with Crippen LogP contribution < -0.4 is 18.9 Å². The molecule has 1 aliphatic heterocycles. The monoisotopic (exact) mass is 314 g/mol. The number of phenolic OH excluding ortho intramolecular Hbond substituents is 1. The minimum absolute atomic E-state index is 0.0682. The maximum absolute atomic E-state index is 9.82. The highest BCUT2D eigenvalue weighted by molar-refractivity contribution is 5.64. The van der Waals surface area contributed by atoms with E-state index in [4.69, 9.17) is 18.9 Å². The Labute approximate surface area is 134 Å². The van der Waals surface area contributed by atoms with E-state index in [2.05, 4.69) is 0 Å². The predicted octanol–water partition coefficient (Wildman–Crippen LogP) is 3.39. The number of fused-ring (bicyclic) bond motifs is 1. The van der Waals surface area contributed by atoms with Gasteiger partial charge in [-0.1, -0.05) is 12.1 Å². The minimum Gasteiger partial charge on any atom is -0.504 e. The van der Waals surface area contributed by atoms with Crippen LogP contribution in [0.2, 0.25) is 0 Å². The Kier molecular flexibility index (Phi) is 4.02. The fourth-order valence-electron chi connectivity index (χ4n) is 2.61. The Bertz CT molecular complexity index is 764. The molecule has 0 fully saturated rings. The van der Waals surface area contributed by atoms with Gasteiger partial charge in [0, 0.05) is 12.0 Å². The number of methoxy groups -OCH3 is 3. The highest BCUT2D eigenvalue weighted by Gasteiger charge is 2.24. The summed E-state index contributed by atoms with van der Waals surface area (Å²) < 4.78 is 21.6. The summed E-state index contributed by atoms with van der Waals surface area (Å²) in [6.07, 6.45) is 2.57. The van der Waals surface area contributed by atoms with Crippen LogP contribution in [-0.2, 0) is 6.42 Å². The third-order valence-corrected chi connectivity index (χ3v) is 3.71. The highest BCUT2D eigenvalue weighted by Crippen LogP contribution is 2.45. The van der Waals surface area contributed by atoms with Gasteiger partial charge in [0.2, 0.25) is 5.75 Å². The number of hydrogen-bond donors (Lipinski definition) is 1. The average Bonchev–Trinajstić information content (AvgIpc) is 2.97. The van der Waals surface area contributed by atoms with Gasteiger partial charge in [0.05, 0.1) is 21.3 Å². The molecule has 120 valence electrons. The lowest BCUT2D eigenvalue weighted by Crippen LogP contribution is -1.92. The first-order valence-corrected chi connectivity index (χ1v) is 7.15. The van der Waals surface area contributed by atoms with Gasteiger partial charge in [-0.2, -0.15) is 0 Å². The van der Waals surface area contributed by atoms with Crippen LogP contribution in [0.3, 0.4) is 0 Å². The van der Waals surface area contributed by atoms with E-state index in [1.54, 1.807) is 20.3 Å². The first-order valence-electron chi connectivity index (χ1n) is 7.15. The van der Waals surface area contributed by atoms with E-state index in [1.807, 2.05) is 30.3 Å². The van der Waals surface area contributed by atoms with Gasteiger partial charge in [0.1, 0.15) is 5.76 Å². The van der Waals surface area contributed by atoms with Crippen molar-refractivity contribution in [3.05, 3.63) is 47.2 Å². The summed E-state index contributed by atoms with van der Waals surface area (Å²) in [5.41, 5.74) is 1.92. The molecule has 5 nitrogen and oxygen atoms in total. The van der Waals surface area contributed by atoms with Gasteiger partial charge in [0.15, 0.2) is 23.0 Å². The molecule has 0 unspecified atom stereocenters. The van der Waals surface area contributed by atoms with E-state index >= 15 is 0 Å². The maximum atomic E-state index is 9.82. The molecule has 1 N–H and O–H groups in total. The van der Waals surface area contributed by atoms with Gasteiger partial charge in [-0.05, 0) is 29.8 Å². The summed E-state index contributed by atoms with van der Waals surface area (Å²) in [7, 11) is 4.71. The van der Waals surface area contributed by atoms with Crippen molar-refractivity contribution in [3.8, 4) is 28.7 Å². The van der Waals surface area contributed by atoms with Crippen molar-refractivity contribution in [1.29, 1.82) is 0 Å². The molecule has 0 bridgehead atoms. The lowest BCUT2D eigenvalue weighted by molar-refractivity contribution is 0.346. The number of ether oxygens (including phenoxy) is 4. The van der Waals surface area contributed by atoms with Gasteiger partial charge in [-0.3, -0.25) is 0 Å². The fraction of sp³-hybridized carbons (Fsp3) is 0.222. The lowest BCUT2D eigenvalue weighted by atomic mass is 10.1. The Morgan fingerprint density at radius 3 is 2.48 bits per heavy atom. The number of benzene rings is 2. The summed E-state index contributed by atoms with van der Waals surface area (Å²) in [6.45, 7) is 0. The van der Waals surface area contributed by atoms with Gasteiger partial charge in [-0.25, -0.2) is 0 Å². The number of hydrogen-bond acceptors (Lipinski definition) is 5. The van der Waals surface area contributed by atoms with E-state index in [9.17, 15) is 5.11 Å². The van der Waals surface area contributed by atoms with E-state index in [1.165, 1.54) is 7.11 Å². The first kappa shape index (κ1) is 15.1. The van der Waals surface area contributed by atoms with Crippen LogP contribution in [0, 0.1) is 0 Å². The summed E-state index contributed by atoms with van der Waals surface area (Å²) in [6, 6.07) is 9.10. The number of allylic oxidation sites excluding steroid dienone is 1. The highest BCUT2D eigenvalue weighted by atomic mass is 16.5. The Balaban J connectivity index is 1.91. The fourth-order valence-corrected chi connectivity index (χ4v) is 2.61. The largest absolute Gasteiger partial charge is 0.504 e. The molecule has 0 amide bonds. The van der Waals surface area contributed by atoms with Crippen LogP contribution in [0.4, 0.5) is 0 Å². The summed E-state index contributed by atoms with van der Waals surface area (Å²) >= 11 is 0. The second-order valence-electron chi connectivity index (χ2n) is 5.11. The lowest BCUT2D eigenvalue weighted by Gasteiger charge is -2.09. The molecular weight excluding hydrogens is 296 g/mol. The van der Waals surface area contributed by atoms with Crippen LogP contribution in [0.25, 0.3) is 6.08 Å². The van der Waals surface area contributed by atoms with Crippen LogP contribution >= 0.6 is 0 Å². The Morgan fingerprint density at radius 2 is 1.78 bits per heavy atom. The van der Waals surface area contributed by atoms with Crippen molar-refractivity contribution < 1.29 is 24.1 Å². The van der Waals surface area contributed by atoms with Crippen molar-refractivity contribution in [2.45, 2.75) is 6.42 Å². The molecule has 0 saturated heterocycles. The zero-order chi connectivity index (χ0) is 16.4. The van der Waals surface area contributed by atoms with Crippen LogP contribution in [-0.4, -0.2) is 26.4 Å². The van der Waals surface area contributed by atoms with Gasteiger partial charge in [0.25, 0.3) is 0 Å². The Morgan fingerprint density at radius 1 is 1.00 bits per heavy atom. The third-order valence-electron chi connectivity index (χ3n) is 3.71. The van der Waals surface area contributed by atoms with Crippen molar-refractivity contribution >= 4 is 6.08 Å². The molecule has 0 radical (unpaired) electrons. The van der Waals surface area contributed by atoms with Crippen molar-refractivity contribution in [2.24, 2.45) is 0 Å². The molecular formula is C18H18O5. The molecule has 0 spiro atoms. The molecule has 5 heteroatoms. The molecule has 1 aliphatic rings. The second kappa shape index (κ2) is 6.12. The summed E-state index contributed by atoms with van der Waals surface area (Å²) in [5.74, 6) is 3.11. The van der Waals surface area contributed by atoms with E-state index < -0.39 is 0 Å². The second-order valence-corrected chi connectivity index (χ2v) is 5.11. The summed E-state index contributed by atoms with van der Waals surface area (Å²) in [5, 5.41) is 9.82. The molecule has 0 aliphatic carbocycles. The maximum Gasteiger partial charge on any atom is 0.203 e. The standard InChI is InChI=1S/C18H18O5/c1-20-15-7-4-11(9-16(15)21-2)8-13-10-12-5-6-14(19)18(22-3)17(12)23-13/h4-9,19H,10H2,1-3H3. The summed E-state index contributed by atoms with van der Waals surface area (Å²) in [4.78, 5) is 0. The molecule has 1 heterocycles. The molecule has 3 rings (SSSR count). The normalized spacial score (nSPS) is 14.3. The first-order chi connectivity index (χ1) is 11.2. The zero-order valence-electron chi connectivity index (χ0n) is 13.3. The molecule has 2 aromatic carbocycles. The topological polar surface area (TPSA) is 57.2 Å². The van der Waals surface area contributed by atoms with Gasteiger partial charge < -0.3 is 24.1 Å². The van der Waals surface area contributed by atoms with E-state index in [0.29, 0.717) is 29.4 Å². The van der Waals surface area contributed by atoms with Crippen molar-refractivity contribution in [3.63, 3.8) is 0 Å². The number of aromatic hydroxyl groups is 1. The minimum atomic E-state index is 0.0682. The average molecular weight is 314 g/mol. The van der Waals surface area contributed by atoms with Gasteiger partial charge >= 0.3 is 0 Å². The third kappa shape index (κ3) is 2.77. The zero-order valence-corrected chi connectivity index (χ0v) is 13.3. The van der Waals surface area contributed by atoms with E-state index in [0.717, 1.165) is 16.9 Å². The molecule has 23 heavy (non-hydrogen) atoms. The van der Waals surface area contributed by atoms with Crippen molar-refractivity contribution in [1.82, 2.24) is 0 Å². The SMILES string of the molecule is COc1ccc(C=C2Cc3ccc(O)c(OC)c3O2)cc1OC. The van der Waals surface area contributed by atoms with Crippen LogP contribution in [0.15, 0.2) is 36.1 Å². The quantitative estimate of drug-likeness (QED) is 0.937.